The van der Waals surface area contributed by atoms with Gasteiger partial charge < -0.3 is 14.5 Å². The Morgan fingerprint density at radius 3 is 2.59 bits per heavy atom. The topological polar surface area (TPSA) is 53.8 Å². The zero-order valence-corrected chi connectivity index (χ0v) is 17.8. The highest BCUT2D eigenvalue weighted by atomic mass is 16.5. The van der Waals surface area contributed by atoms with Crippen LogP contribution in [0.1, 0.15) is 51.0 Å². The molecule has 2 amide bonds. The minimum Gasteiger partial charge on any atom is -0.381 e. The molecule has 4 aliphatic rings. The van der Waals surface area contributed by atoms with Crippen LogP contribution in [-0.4, -0.2) is 81.5 Å². The van der Waals surface area contributed by atoms with Crippen LogP contribution in [0.2, 0.25) is 0 Å². The van der Waals surface area contributed by atoms with Gasteiger partial charge in [-0.15, -0.1) is 0 Å². The molecule has 0 radical (unpaired) electrons. The van der Waals surface area contributed by atoms with E-state index in [0.717, 1.165) is 84.1 Å². The third kappa shape index (κ3) is 3.91. The molecule has 29 heavy (non-hydrogen) atoms. The van der Waals surface area contributed by atoms with Crippen molar-refractivity contribution in [2.45, 2.75) is 70.1 Å². The van der Waals surface area contributed by atoms with E-state index in [1.165, 1.54) is 18.4 Å². The maximum atomic E-state index is 13.4. The SMILES string of the molecule is CCn1cc(CN2CCC(N3C(=O)N(CC4CC4)CC34CCOCC4)CC2)cn1. The van der Waals surface area contributed by atoms with Crippen LogP contribution in [0.3, 0.4) is 0 Å². The first-order valence-corrected chi connectivity index (χ1v) is 11.6. The maximum absolute atomic E-state index is 13.4. The number of hydrogen-bond donors (Lipinski definition) is 0. The van der Waals surface area contributed by atoms with Crippen LogP contribution in [0.4, 0.5) is 4.79 Å². The van der Waals surface area contributed by atoms with Crippen LogP contribution in [0.15, 0.2) is 12.4 Å². The summed E-state index contributed by atoms with van der Waals surface area (Å²) in [5.74, 6) is 0.752. The summed E-state index contributed by atoms with van der Waals surface area (Å²) in [6.45, 7) is 9.59. The molecule has 0 aromatic carbocycles. The average Bonchev–Trinajstić information content (AvgIpc) is 3.38. The molecular formula is C22H35N5O2. The van der Waals surface area contributed by atoms with Crippen molar-refractivity contribution in [3.63, 3.8) is 0 Å². The van der Waals surface area contributed by atoms with Crippen molar-refractivity contribution >= 4 is 6.03 Å². The van der Waals surface area contributed by atoms with Gasteiger partial charge in [0.05, 0.1) is 11.7 Å². The Labute approximate surface area is 174 Å². The Hall–Kier alpha value is -1.60. The molecule has 0 unspecified atom stereocenters. The average molecular weight is 402 g/mol. The molecular weight excluding hydrogens is 366 g/mol. The van der Waals surface area contributed by atoms with Crippen molar-refractivity contribution in [2.75, 3.05) is 39.4 Å². The number of rotatable bonds is 6. The molecule has 1 aliphatic carbocycles. The van der Waals surface area contributed by atoms with Gasteiger partial charge in [0, 0.05) is 70.3 Å². The number of hydrogen-bond acceptors (Lipinski definition) is 4. The Balaban J connectivity index is 1.24. The Morgan fingerprint density at radius 1 is 1.17 bits per heavy atom. The van der Waals surface area contributed by atoms with Gasteiger partial charge in [0.1, 0.15) is 0 Å². The molecule has 1 aromatic heterocycles. The molecule has 1 saturated carbocycles. The number of carbonyl (C=O) groups is 1. The zero-order chi connectivity index (χ0) is 19.8. The minimum absolute atomic E-state index is 0.0132. The second kappa shape index (κ2) is 7.91. The Morgan fingerprint density at radius 2 is 1.93 bits per heavy atom. The number of piperidine rings is 1. The first-order valence-electron chi connectivity index (χ1n) is 11.6. The van der Waals surface area contributed by atoms with Crippen LogP contribution < -0.4 is 0 Å². The summed E-state index contributed by atoms with van der Waals surface area (Å²) in [6, 6.07) is 0.681. The van der Waals surface area contributed by atoms with Crippen molar-refractivity contribution in [2.24, 2.45) is 5.92 Å². The number of urea groups is 1. The fourth-order valence-electron chi connectivity index (χ4n) is 5.56. The van der Waals surface area contributed by atoms with Crippen molar-refractivity contribution < 1.29 is 9.53 Å². The molecule has 160 valence electrons. The molecule has 4 fully saturated rings. The molecule has 7 nitrogen and oxygen atoms in total. The zero-order valence-electron chi connectivity index (χ0n) is 17.8. The summed E-state index contributed by atoms with van der Waals surface area (Å²) in [4.78, 5) is 20.5. The Kier molecular flexibility index (Phi) is 5.28. The lowest BCUT2D eigenvalue weighted by molar-refractivity contribution is -0.0167. The van der Waals surface area contributed by atoms with E-state index in [1.54, 1.807) is 0 Å². The highest BCUT2D eigenvalue weighted by Crippen LogP contribution is 2.41. The molecule has 0 bridgehead atoms. The van der Waals surface area contributed by atoms with E-state index in [1.807, 2.05) is 10.9 Å². The summed E-state index contributed by atoms with van der Waals surface area (Å²) in [6.07, 6.45) is 10.9. The molecule has 4 heterocycles. The first kappa shape index (κ1) is 19.4. The third-order valence-electron chi connectivity index (χ3n) is 7.41. The lowest BCUT2D eigenvalue weighted by Gasteiger charge is -2.46. The fraction of sp³-hybridized carbons (Fsp3) is 0.818. The van der Waals surface area contributed by atoms with E-state index in [4.69, 9.17) is 4.74 Å². The van der Waals surface area contributed by atoms with Crippen molar-refractivity contribution in [1.29, 1.82) is 0 Å². The molecule has 3 saturated heterocycles. The standard InChI is InChI=1S/C22H35N5O2/c1-2-26-16-19(13-23-26)14-24-9-5-20(6-10-24)27-21(28)25(15-18-3-4-18)17-22(27)7-11-29-12-8-22/h13,16,18,20H,2-12,14-15,17H2,1H3. The first-order chi connectivity index (χ1) is 14.2. The van der Waals surface area contributed by atoms with Gasteiger partial charge in [-0.05, 0) is 51.4 Å². The van der Waals surface area contributed by atoms with Gasteiger partial charge in [-0.1, -0.05) is 0 Å². The van der Waals surface area contributed by atoms with E-state index in [-0.39, 0.29) is 5.54 Å². The number of nitrogens with zero attached hydrogens (tertiary/aromatic N) is 5. The number of ether oxygens (including phenoxy) is 1. The maximum Gasteiger partial charge on any atom is 0.320 e. The van der Waals surface area contributed by atoms with E-state index < -0.39 is 0 Å². The van der Waals surface area contributed by atoms with Crippen LogP contribution in [0, 0.1) is 5.92 Å². The van der Waals surface area contributed by atoms with Crippen LogP contribution in [0.5, 0.6) is 0 Å². The summed E-state index contributed by atoms with van der Waals surface area (Å²) in [5, 5.41) is 4.40. The quantitative estimate of drug-likeness (QED) is 0.735. The lowest BCUT2D eigenvalue weighted by Crippen LogP contribution is -2.57. The van der Waals surface area contributed by atoms with Crippen LogP contribution in [0.25, 0.3) is 0 Å². The molecule has 7 heteroatoms. The van der Waals surface area contributed by atoms with E-state index in [0.29, 0.717) is 12.1 Å². The van der Waals surface area contributed by atoms with Crippen molar-refractivity contribution in [1.82, 2.24) is 24.5 Å². The molecule has 1 spiro atoms. The normalized spacial score (nSPS) is 26.0. The second-order valence-electron chi connectivity index (χ2n) is 9.52. The summed E-state index contributed by atoms with van der Waals surface area (Å²) in [5.41, 5.74) is 1.30. The van der Waals surface area contributed by atoms with Crippen molar-refractivity contribution in [3.8, 4) is 0 Å². The number of aryl methyl sites for hydroxylation is 1. The highest BCUT2D eigenvalue weighted by Gasteiger charge is 2.53. The molecule has 1 aromatic rings. The van der Waals surface area contributed by atoms with E-state index in [9.17, 15) is 4.79 Å². The fourth-order valence-corrected chi connectivity index (χ4v) is 5.56. The third-order valence-corrected chi connectivity index (χ3v) is 7.41. The minimum atomic E-state index is 0.0132. The van der Waals surface area contributed by atoms with Gasteiger partial charge in [-0.3, -0.25) is 9.58 Å². The van der Waals surface area contributed by atoms with Crippen molar-refractivity contribution in [3.05, 3.63) is 18.0 Å². The van der Waals surface area contributed by atoms with Gasteiger partial charge in [-0.25, -0.2) is 4.79 Å². The largest absolute Gasteiger partial charge is 0.381 e. The lowest BCUT2D eigenvalue weighted by atomic mass is 9.86. The molecule has 3 aliphatic heterocycles. The van der Waals surface area contributed by atoms with E-state index in [2.05, 4.69) is 32.9 Å². The summed E-state index contributed by atoms with van der Waals surface area (Å²) in [7, 11) is 0. The van der Waals surface area contributed by atoms with Crippen LogP contribution in [-0.2, 0) is 17.8 Å². The number of amides is 2. The summed E-state index contributed by atoms with van der Waals surface area (Å²) < 4.78 is 7.67. The number of likely N-dealkylation sites (tertiary alicyclic amines) is 1. The number of aromatic nitrogens is 2. The number of carbonyl (C=O) groups excluding carboxylic acids is 1. The molecule has 5 rings (SSSR count). The monoisotopic (exact) mass is 401 g/mol. The van der Waals surface area contributed by atoms with Gasteiger partial charge >= 0.3 is 6.03 Å². The van der Waals surface area contributed by atoms with Crippen LogP contribution >= 0.6 is 0 Å². The molecule has 0 atom stereocenters. The van der Waals surface area contributed by atoms with E-state index >= 15 is 0 Å². The highest BCUT2D eigenvalue weighted by molar-refractivity contribution is 5.78. The Bertz CT molecular complexity index is 717. The molecule has 0 N–H and O–H groups in total. The second-order valence-corrected chi connectivity index (χ2v) is 9.52. The smallest absolute Gasteiger partial charge is 0.320 e. The van der Waals surface area contributed by atoms with Gasteiger partial charge in [0.25, 0.3) is 0 Å². The van der Waals surface area contributed by atoms with Gasteiger partial charge in [0.15, 0.2) is 0 Å². The summed E-state index contributed by atoms with van der Waals surface area (Å²) >= 11 is 0. The predicted molar refractivity (Wildman–Crippen MR) is 111 cm³/mol. The predicted octanol–water partition coefficient (Wildman–Crippen LogP) is 2.56. The van der Waals surface area contributed by atoms with Gasteiger partial charge in [0.2, 0.25) is 0 Å². The van der Waals surface area contributed by atoms with Gasteiger partial charge in [-0.2, -0.15) is 5.10 Å².